The van der Waals surface area contributed by atoms with Gasteiger partial charge in [-0.15, -0.1) is 0 Å². The second-order valence-corrected chi connectivity index (χ2v) is 5.23. The third-order valence-corrected chi connectivity index (χ3v) is 3.43. The Morgan fingerprint density at radius 1 is 1.50 bits per heavy atom. The molecule has 0 radical (unpaired) electrons. The van der Waals surface area contributed by atoms with Crippen LogP contribution in [0.5, 0.6) is 0 Å². The highest BCUT2D eigenvalue weighted by Gasteiger charge is 2.20. The van der Waals surface area contributed by atoms with Crippen molar-refractivity contribution in [2.24, 2.45) is 0 Å². The molecule has 0 saturated heterocycles. The Kier molecular flexibility index (Phi) is 3.39. The van der Waals surface area contributed by atoms with Crippen LogP contribution < -0.4 is 4.72 Å². The third-order valence-electron chi connectivity index (χ3n) is 2.10. The second-order valence-electron chi connectivity index (χ2n) is 3.54. The summed E-state index contributed by atoms with van der Waals surface area (Å²) in [7, 11) is -4.00. The summed E-state index contributed by atoms with van der Waals surface area (Å²) in [6.07, 6.45) is 1.21. The first kappa shape index (κ1) is 12.7. The van der Waals surface area contributed by atoms with E-state index in [9.17, 15) is 12.8 Å². The zero-order valence-corrected chi connectivity index (χ0v) is 10.2. The van der Waals surface area contributed by atoms with Gasteiger partial charge < -0.3 is 4.52 Å². The maximum atomic E-state index is 13.3. The predicted octanol–water partition coefficient (Wildman–Crippen LogP) is 0.996. The molecule has 0 saturated carbocycles. The standard InChI is InChI=1S/C10H10FN3O3S/c1-7-5-8(14-17-7)6-13-18(15,16)10-9(11)3-2-4-12-10/h2-5,13H,6H2,1H3. The molecule has 0 aliphatic carbocycles. The summed E-state index contributed by atoms with van der Waals surface area (Å²) in [6.45, 7) is 1.60. The normalized spacial score (nSPS) is 11.7. The molecule has 0 atom stereocenters. The van der Waals surface area contributed by atoms with Crippen LogP contribution in [-0.2, 0) is 16.6 Å². The van der Waals surface area contributed by atoms with Gasteiger partial charge >= 0.3 is 0 Å². The minimum atomic E-state index is -4.00. The monoisotopic (exact) mass is 271 g/mol. The minimum absolute atomic E-state index is 0.0876. The molecule has 96 valence electrons. The summed E-state index contributed by atoms with van der Waals surface area (Å²) in [5, 5.41) is 2.98. The van der Waals surface area contributed by atoms with Crippen LogP contribution in [0.2, 0.25) is 0 Å². The fraction of sp³-hybridized carbons (Fsp3) is 0.200. The summed E-state index contributed by atoms with van der Waals surface area (Å²) in [4.78, 5) is 3.50. The van der Waals surface area contributed by atoms with Crippen LogP contribution in [0.4, 0.5) is 4.39 Å². The summed E-state index contributed by atoms with van der Waals surface area (Å²) < 4.78 is 43.8. The van der Waals surface area contributed by atoms with E-state index in [2.05, 4.69) is 14.9 Å². The lowest BCUT2D eigenvalue weighted by molar-refractivity contribution is 0.390. The molecule has 2 aromatic heterocycles. The molecule has 2 rings (SSSR count). The average Bonchev–Trinajstić information content (AvgIpc) is 2.73. The van der Waals surface area contributed by atoms with Crippen LogP contribution >= 0.6 is 0 Å². The van der Waals surface area contributed by atoms with Gasteiger partial charge in [0.2, 0.25) is 5.03 Å². The third kappa shape index (κ3) is 2.71. The van der Waals surface area contributed by atoms with Crippen molar-refractivity contribution in [1.29, 1.82) is 0 Å². The summed E-state index contributed by atoms with van der Waals surface area (Å²) in [5.74, 6) is -0.338. The largest absolute Gasteiger partial charge is 0.361 e. The molecule has 0 fully saturated rings. The van der Waals surface area contributed by atoms with Crippen LogP contribution in [-0.4, -0.2) is 18.6 Å². The summed E-state index contributed by atoms with van der Waals surface area (Å²) in [6, 6.07) is 3.93. The Bertz CT molecular complexity index is 654. The van der Waals surface area contributed by atoms with Gasteiger partial charge in [0.1, 0.15) is 5.76 Å². The van der Waals surface area contributed by atoms with Crippen molar-refractivity contribution in [2.75, 3.05) is 0 Å². The lowest BCUT2D eigenvalue weighted by Gasteiger charge is -2.04. The quantitative estimate of drug-likeness (QED) is 0.896. The van der Waals surface area contributed by atoms with E-state index in [1.165, 1.54) is 12.3 Å². The van der Waals surface area contributed by atoms with E-state index in [1.807, 2.05) is 0 Å². The first-order valence-corrected chi connectivity index (χ1v) is 6.50. The molecule has 8 heteroatoms. The van der Waals surface area contributed by atoms with E-state index >= 15 is 0 Å². The molecule has 18 heavy (non-hydrogen) atoms. The molecule has 0 aliphatic heterocycles. The van der Waals surface area contributed by atoms with Gasteiger partial charge in [-0.05, 0) is 19.1 Å². The van der Waals surface area contributed by atoms with Gasteiger partial charge in [-0.1, -0.05) is 5.16 Å². The van der Waals surface area contributed by atoms with E-state index in [0.717, 1.165) is 6.07 Å². The number of halogens is 1. The van der Waals surface area contributed by atoms with E-state index in [4.69, 9.17) is 4.52 Å². The molecular formula is C10H10FN3O3S. The Hall–Kier alpha value is -1.80. The lowest BCUT2D eigenvalue weighted by Crippen LogP contribution is -2.25. The molecule has 6 nitrogen and oxygen atoms in total. The summed E-state index contributed by atoms with van der Waals surface area (Å²) >= 11 is 0. The van der Waals surface area contributed by atoms with Gasteiger partial charge in [-0.3, -0.25) is 0 Å². The number of rotatable bonds is 4. The fourth-order valence-electron chi connectivity index (χ4n) is 1.31. The first-order valence-electron chi connectivity index (χ1n) is 5.01. The van der Waals surface area contributed by atoms with E-state index in [1.54, 1.807) is 13.0 Å². The molecule has 1 N–H and O–H groups in total. The first-order chi connectivity index (χ1) is 8.49. The molecule has 0 aliphatic rings. The molecular weight excluding hydrogens is 261 g/mol. The van der Waals surface area contributed by atoms with Crippen LogP contribution in [0, 0.1) is 12.7 Å². The highest BCUT2D eigenvalue weighted by Crippen LogP contribution is 2.10. The van der Waals surface area contributed by atoms with E-state index in [-0.39, 0.29) is 6.54 Å². The van der Waals surface area contributed by atoms with Gasteiger partial charge in [0, 0.05) is 12.3 Å². The highest BCUT2D eigenvalue weighted by molar-refractivity contribution is 7.89. The van der Waals surface area contributed by atoms with Gasteiger partial charge in [0.05, 0.1) is 12.2 Å². The zero-order chi connectivity index (χ0) is 13.2. The van der Waals surface area contributed by atoms with Crippen molar-refractivity contribution in [3.05, 3.63) is 41.7 Å². The lowest BCUT2D eigenvalue weighted by atomic mass is 10.4. The fourth-order valence-corrected chi connectivity index (χ4v) is 2.31. The Labute approximate surface area is 103 Å². The smallest absolute Gasteiger partial charge is 0.261 e. The molecule has 0 spiro atoms. The van der Waals surface area contributed by atoms with Crippen LogP contribution in [0.15, 0.2) is 33.9 Å². The van der Waals surface area contributed by atoms with Gasteiger partial charge in [-0.25, -0.2) is 22.5 Å². The number of nitrogens with one attached hydrogen (secondary N) is 1. The predicted molar refractivity (Wildman–Crippen MR) is 59.5 cm³/mol. The van der Waals surface area contributed by atoms with E-state index in [0.29, 0.717) is 11.5 Å². The van der Waals surface area contributed by atoms with Crippen molar-refractivity contribution in [2.45, 2.75) is 18.5 Å². The number of nitrogens with zero attached hydrogens (tertiary/aromatic N) is 2. The van der Waals surface area contributed by atoms with Crippen molar-refractivity contribution >= 4 is 10.0 Å². The molecule has 0 unspecified atom stereocenters. The number of hydrogen-bond acceptors (Lipinski definition) is 5. The number of aromatic nitrogens is 2. The molecule has 2 heterocycles. The van der Waals surface area contributed by atoms with Crippen molar-refractivity contribution < 1.29 is 17.3 Å². The maximum absolute atomic E-state index is 13.3. The van der Waals surface area contributed by atoms with Crippen molar-refractivity contribution in [1.82, 2.24) is 14.9 Å². The van der Waals surface area contributed by atoms with Gasteiger partial charge in [-0.2, -0.15) is 0 Å². The summed E-state index contributed by atoms with van der Waals surface area (Å²) in [5.41, 5.74) is 0.410. The molecule has 0 bridgehead atoms. The molecule has 2 aromatic rings. The minimum Gasteiger partial charge on any atom is -0.361 e. The Balaban J connectivity index is 2.16. The van der Waals surface area contributed by atoms with Crippen molar-refractivity contribution in [3.8, 4) is 0 Å². The number of hydrogen-bond donors (Lipinski definition) is 1. The second kappa shape index (κ2) is 4.83. The number of sulfonamides is 1. The molecule has 0 amide bonds. The van der Waals surface area contributed by atoms with Crippen LogP contribution in [0.1, 0.15) is 11.5 Å². The SMILES string of the molecule is Cc1cc(CNS(=O)(=O)c2ncccc2F)no1. The topological polar surface area (TPSA) is 85.1 Å². The zero-order valence-electron chi connectivity index (χ0n) is 9.42. The number of pyridine rings is 1. The van der Waals surface area contributed by atoms with Crippen LogP contribution in [0.25, 0.3) is 0 Å². The average molecular weight is 271 g/mol. The van der Waals surface area contributed by atoms with Crippen LogP contribution in [0.3, 0.4) is 0 Å². The van der Waals surface area contributed by atoms with Gasteiger partial charge in [0.25, 0.3) is 10.0 Å². The van der Waals surface area contributed by atoms with Gasteiger partial charge in [0.15, 0.2) is 5.82 Å². The Morgan fingerprint density at radius 3 is 2.89 bits per heavy atom. The van der Waals surface area contributed by atoms with Crippen molar-refractivity contribution in [3.63, 3.8) is 0 Å². The van der Waals surface area contributed by atoms with E-state index < -0.39 is 20.9 Å². The highest BCUT2D eigenvalue weighted by atomic mass is 32.2. The Morgan fingerprint density at radius 2 is 2.28 bits per heavy atom. The maximum Gasteiger partial charge on any atom is 0.261 e. The molecule has 0 aromatic carbocycles. The number of aryl methyl sites for hydroxylation is 1.